The van der Waals surface area contributed by atoms with Gasteiger partial charge in [0.25, 0.3) is 10.0 Å². The minimum atomic E-state index is -3.73. The van der Waals surface area contributed by atoms with Crippen LogP contribution in [-0.2, 0) is 21.4 Å². The summed E-state index contributed by atoms with van der Waals surface area (Å²) in [5.74, 6) is 0.616. The number of rotatable bonds is 6. The van der Waals surface area contributed by atoms with Crippen LogP contribution in [0.2, 0.25) is 0 Å². The van der Waals surface area contributed by atoms with Crippen LogP contribution in [0.5, 0.6) is 5.75 Å². The molecular weight excluding hydrogens is 448 g/mol. The Morgan fingerprint density at radius 2 is 2.00 bits per heavy atom. The highest BCUT2D eigenvalue weighted by atomic mass is 32.2. The molecule has 166 valence electrons. The number of amides is 1. The minimum absolute atomic E-state index is 0.0584. The van der Waals surface area contributed by atoms with Crippen LogP contribution < -0.4 is 14.4 Å². The molecule has 0 atom stereocenters. The summed E-state index contributed by atoms with van der Waals surface area (Å²) >= 11 is 1.15. The zero-order valence-corrected chi connectivity index (χ0v) is 19.5. The van der Waals surface area contributed by atoms with Crippen LogP contribution in [0.1, 0.15) is 11.1 Å². The average molecular weight is 471 g/mol. The van der Waals surface area contributed by atoms with Crippen molar-refractivity contribution in [1.29, 1.82) is 0 Å². The van der Waals surface area contributed by atoms with Gasteiger partial charge in [0.05, 0.1) is 30.4 Å². The van der Waals surface area contributed by atoms with E-state index in [9.17, 15) is 13.2 Å². The summed E-state index contributed by atoms with van der Waals surface area (Å²) in [6, 6.07) is 13.0. The number of carbonyl (C=O) groups is 1. The predicted octanol–water partition coefficient (Wildman–Crippen LogP) is 3.01. The summed E-state index contributed by atoms with van der Waals surface area (Å²) in [5, 5.41) is 3.19. The van der Waals surface area contributed by atoms with Crippen LogP contribution >= 0.6 is 11.8 Å². The molecule has 2 heterocycles. The monoisotopic (exact) mass is 470 g/mol. The van der Waals surface area contributed by atoms with Crippen LogP contribution in [-0.4, -0.2) is 44.2 Å². The lowest BCUT2D eigenvalue weighted by Gasteiger charge is -2.28. The molecule has 0 fully saturated rings. The molecule has 0 aliphatic carbocycles. The van der Waals surface area contributed by atoms with Gasteiger partial charge in [0.15, 0.2) is 5.16 Å². The first-order valence-corrected chi connectivity index (χ1v) is 12.2. The Labute approximate surface area is 191 Å². The van der Waals surface area contributed by atoms with Crippen molar-refractivity contribution >= 4 is 33.4 Å². The highest BCUT2D eigenvalue weighted by Crippen LogP contribution is 2.41. The van der Waals surface area contributed by atoms with E-state index in [4.69, 9.17) is 4.74 Å². The number of aryl methyl sites for hydroxylation is 1. The maximum Gasteiger partial charge on any atom is 0.267 e. The van der Waals surface area contributed by atoms with Crippen LogP contribution in [0.15, 0.2) is 58.7 Å². The van der Waals surface area contributed by atoms with Gasteiger partial charge in [-0.05, 0) is 25.1 Å². The van der Waals surface area contributed by atoms with Crippen molar-refractivity contribution in [2.45, 2.75) is 23.5 Å². The molecule has 0 bridgehead atoms. The van der Waals surface area contributed by atoms with Gasteiger partial charge in [-0.3, -0.25) is 9.10 Å². The third-order valence-electron chi connectivity index (χ3n) is 5.12. The lowest BCUT2D eigenvalue weighted by atomic mass is 10.1. The van der Waals surface area contributed by atoms with Gasteiger partial charge >= 0.3 is 0 Å². The Kier molecular flexibility index (Phi) is 6.07. The second-order valence-corrected chi connectivity index (χ2v) is 10.1. The van der Waals surface area contributed by atoms with Crippen molar-refractivity contribution in [3.05, 3.63) is 59.8 Å². The number of anilines is 1. The summed E-state index contributed by atoms with van der Waals surface area (Å²) in [6.07, 6.45) is 1.31. The molecule has 3 aromatic rings. The van der Waals surface area contributed by atoms with E-state index in [1.54, 1.807) is 13.2 Å². The normalized spacial score (nSPS) is 13.8. The molecule has 0 unspecified atom stereocenters. The van der Waals surface area contributed by atoms with E-state index in [-0.39, 0.29) is 16.6 Å². The number of hydrogen-bond donors (Lipinski definition) is 1. The minimum Gasteiger partial charge on any atom is -0.496 e. The smallest absolute Gasteiger partial charge is 0.267 e. The fourth-order valence-electron chi connectivity index (χ4n) is 3.42. The standard InChI is InChI=1S/C22H22N4O4S2/c1-14-8-9-17-16(10-14)21-19(32(28,29)26(17)2)12-24-22(25-21)31-13-20(27)23-11-15-6-4-5-7-18(15)30-3/h4-10,12H,11,13H2,1-3H3,(H,23,27). The Bertz CT molecular complexity index is 1290. The van der Waals surface area contributed by atoms with Gasteiger partial charge in [0.1, 0.15) is 10.6 Å². The average Bonchev–Trinajstić information content (AvgIpc) is 2.80. The molecule has 1 amide bonds. The predicted molar refractivity (Wildman–Crippen MR) is 123 cm³/mol. The summed E-state index contributed by atoms with van der Waals surface area (Å²) < 4.78 is 32.3. The quantitative estimate of drug-likeness (QED) is 0.436. The molecular formula is C22H22N4O4S2. The van der Waals surface area contributed by atoms with Gasteiger partial charge in [-0.15, -0.1) is 0 Å². The number of methoxy groups -OCH3 is 1. The molecule has 0 spiro atoms. The number of carbonyl (C=O) groups excluding carboxylic acids is 1. The van der Waals surface area contributed by atoms with Crippen LogP contribution in [0.4, 0.5) is 5.69 Å². The Morgan fingerprint density at radius 1 is 1.22 bits per heavy atom. The molecule has 0 saturated carbocycles. The SMILES string of the molecule is COc1ccccc1CNC(=O)CSc1ncc2c(n1)-c1cc(C)ccc1N(C)S2(=O)=O. The molecule has 2 aromatic carbocycles. The highest BCUT2D eigenvalue weighted by molar-refractivity contribution is 7.99. The van der Waals surface area contributed by atoms with E-state index in [2.05, 4.69) is 15.3 Å². The zero-order valence-electron chi connectivity index (χ0n) is 17.8. The summed E-state index contributed by atoms with van der Waals surface area (Å²) in [6.45, 7) is 2.28. The van der Waals surface area contributed by atoms with Crippen molar-refractivity contribution in [1.82, 2.24) is 15.3 Å². The van der Waals surface area contributed by atoms with Gasteiger partial charge in [-0.1, -0.05) is 41.6 Å². The van der Waals surface area contributed by atoms with Crippen LogP contribution in [0.3, 0.4) is 0 Å². The number of hydrogen-bond acceptors (Lipinski definition) is 7. The topological polar surface area (TPSA) is 101 Å². The second kappa shape index (κ2) is 8.79. The summed E-state index contributed by atoms with van der Waals surface area (Å²) in [7, 11) is -0.633. The van der Waals surface area contributed by atoms with Gasteiger partial charge in [0, 0.05) is 24.7 Å². The Hall–Kier alpha value is -3.11. The van der Waals surface area contributed by atoms with Crippen LogP contribution in [0, 0.1) is 6.92 Å². The number of ether oxygens (including phenoxy) is 1. The van der Waals surface area contributed by atoms with Gasteiger partial charge < -0.3 is 10.1 Å². The molecule has 8 nitrogen and oxygen atoms in total. The number of fused-ring (bicyclic) bond motifs is 3. The molecule has 1 aliphatic rings. The number of benzene rings is 2. The van der Waals surface area contributed by atoms with Crippen molar-refractivity contribution in [3.63, 3.8) is 0 Å². The van der Waals surface area contributed by atoms with Crippen LogP contribution in [0.25, 0.3) is 11.3 Å². The van der Waals surface area contributed by atoms with E-state index < -0.39 is 10.0 Å². The largest absolute Gasteiger partial charge is 0.496 e. The van der Waals surface area contributed by atoms with Crippen molar-refractivity contribution in [2.24, 2.45) is 0 Å². The first-order chi connectivity index (χ1) is 15.3. The van der Waals surface area contributed by atoms with Crippen molar-refractivity contribution < 1.29 is 17.9 Å². The maximum atomic E-state index is 12.9. The fraction of sp³-hybridized carbons (Fsp3) is 0.227. The molecule has 1 N–H and O–H groups in total. The fourth-order valence-corrected chi connectivity index (χ4v) is 5.37. The number of para-hydroxylation sites is 1. The number of sulfonamides is 1. The van der Waals surface area contributed by atoms with E-state index >= 15 is 0 Å². The molecule has 1 aliphatic heterocycles. The van der Waals surface area contributed by atoms with Gasteiger partial charge in [-0.25, -0.2) is 18.4 Å². The maximum absolute atomic E-state index is 12.9. The van der Waals surface area contributed by atoms with E-state index in [0.29, 0.717) is 28.8 Å². The number of nitrogens with zero attached hydrogens (tertiary/aromatic N) is 3. The second-order valence-electron chi connectivity index (χ2n) is 7.24. The van der Waals surface area contributed by atoms with Gasteiger partial charge in [-0.2, -0.15) is 0 Å². The van der Waals surface area contributed by atoms with Gasteiger partial charge in [0.2, 0.25) is 5.91 Å². The summed E-state index contributed by atoms with van der Waals surface area (Å²) in [5.41, 5.74) is 3.51. The highest BCUT2D eigenvalue weighted by Gasteiger charge is 2.34. The van der Waals surface area contributed by atoms with E-state index in [0.717, 1.165) is 28.5 Å². The van der Waals surface area contributed by atoms with E-state index in [1.165, 1.54) is 17.5 Å². The molecule has 0 saturated heterocycles. The van der Waals surface area contributed by atoms with Crippen molar-refractivity contribution in [3.8, 4) is 17.0 Å². The first kappa shape index (κ1) is 22.1. The van der Waals surface area contributed by atoms with Crippen molar-refractivity contribution in [2.75, 3.05) is 24.2 Å². The lowest BCUT2D eigenvalue weighted by Crippen LogP contribution is -2.31. The molecule has 32 heavy (non-hydrogen) atoms. The molecule has 4 rings (SSSR count). The molecule has 10 heteroatoms. The lowest BCUT2D eigenvalue weighted by molar-refractivity contribution is -0.118. The summed E-state index contributed by atoms with van der Waals surface area (Å²) in [4.78, 5) is 21.1. The zero-order chi connectivity index (χ0) is 22.9. The third-order valence-corrected chi connectivity index (χ3v) is 7.75. The number of nitrogens with one attached hydrogen (secondary N) is 1. The third kappa shape index (κ3) is 4.15. The first-order valence-electron chi connectivity index (χ1n) is 9.79. The Morgan fingerprint density at radius 3 is 2.78 bits per heavy atom. The number of aromatic nitrogens is 2. The molecule has 0 radical (unpaired) electrons. The molecule has 1 aromatic heterocycles. The van der Waals surface area contributed by atoms with E-state index in [1.807, 2.05) is 43.3 Å². The number of thioether (sulfide) groups is 1. The Balaban J connectivity index is 1.51.